The Bertz CT molecular complexity index is 529. The minimum absolute atomic E-state index is 0.0319. The Kier molecular flexibility index (Phi) is 5.96. The molecule has 0 aromatic heterocycles. The lowest BCUT2D eigenvalue weighted by Crippen LogP contribution is -2.41. The fourth-order valence-electron chi connectivity index (χ4n) is 2.95. The molecule has 1 aliphatic rings. The number of rotatable bonds is 5. The lowest BCUT2D eigenvalue weighted by molar-refractivity contribution is -0.145. The summed E-state index contributed by atoms with van der Waals surface area (Å²) in [4.78, 5) is 24.3. The second-order valence-corrected chi connectivity index (χ2v) is 5.96. The highest BCUT2D eigenvalue weighted by Gasteiger charge is 2.34. The molecule has 1 amide bonds. The van der Waals surface area contributed by atoms with Crippen molar-refractivity contribution in [2.75, 3.05) is 7.05 Å². The molecule has 126 valence electrons. The summed E-state index contributed by atoms with van der Waals surface area (Å²) in [5.74, 6) is -1.86. The molecule has 0 aliphatic heterocycles. The number of carbonyl (C=O) groups excluding carboxylic acids is 1. The Morgan fingerprint density at radius 1 is 1.26 bits per heavy atom. The van der Waals surface area contributed by atoms with Gasteiger partial charge in [-0.15, -0.1) is 0 Å². The molecule has 1 unspecified atom stereocenters. The first-order valence-electron chi connectivity index (χ1n) is 7.79. The fraction of sp³-hybridized carbons (Fsp3) is 0.529. The second-order valence-electron chi connectivity index (χ2n) is 5.96. The maximum atomic E-state index is 13.5. The summed E-state index contributed by atoms with van der Waals surface area (Å²) in [5, 5.41) is 8.72. The van der Waals surface area contributed by atoms with Crippen molar-refractivity contribution in [3.8, 4) is 0 Å². The summed E-state index contributed by atoms with van der Waals surface area (Å²) in [6.45, 7) is 0.213. The number of carboxylic acids is 1. The topological polar surface area (TPSA) is 66.8 Å². The SMILES string of the molecule is CN(C(=O)OCc1ccccc1)C1CCC(C(F)C(=O)O)CC1. The maximum Gasteiger partial charge on any atom is 0.410 e. The van der Waals surface area contributed by atoms with E-state index in [0.717, 1.165) is 5.56 Å². The van der Waals surface area contributed by atoms with Gasteiger partial charge in [-0.3, -0.25) is 0 Å². The molecule has 0 heterocycles. The molecule has 1 aromatic rings. The van der Waals surface area contributed by atoms with E-state index in [-0.39, 0.29) is 12.6 Å². The van der Waals surface area contributed by atoms with Gasteiger partial charge in [-0.2, -0.15) is 0 Å². The molecule has 1 aliphatic carbocycles. The number of benzene rings is 1. The molecule has 6 heteroatoms. The highest BCUT2D eigenvalue weighted by Crippen LogP contribution is 2.31. The lowest BCUT2D eigenvalue weighted by Gasteiger charge is -2.34. The normalized spacial score (nSPS) is 22.2. The van der Waals surface area contributed by atoms with Crippen molar-refractivity contribution in [3.05, 3.63) is 35.9 Å². The summed E-state index contributed by atoms with van der Waals surface area (Å²) in [6.07, 6.45) is -0.105. The fourth-order valence-corrected chi connectivity index (χ4v) is 2.95. The van der Waals surface area contributed by atoms with Crippen molar-refractivity contribution in [2.24, 2.45) is 5.92 Å². The molecule has 1 aromatic carbocycles. The summed E-state index contributed by atoms with van der Waals surface area (Å²) in [5.41, 5.74) is 0.916. The average molecular weight is 323 g/mol. The molecule has 1 fully saturated rings. The van der Waals surface area contributed by atoms with Crippen LogP contribution < -0.4 is 0 Å². The third kappa shape index (κ3) is 4.68. The average Bonchev–Trinajstić information content (AvgIpc) is 2.59. The van der Waals surface area contributed by atoms with Crippen molar-refractivity contribution < 1.29 is 23.8 Å². The van der Waals surface area contributed by atoms with E-state index in [2.05, 4.69) is 0 Å². The van der Waals surface area contributed by atoms with Crippen LogP contribution in [0.4, 0.5) is 9.18 Å². The van der Waals surface area contributed by atoms with Crippen molar-refractivity contribution in [2.45, 2.75) is 44.5 Å². The molecule has 1 atom stereocenters. The molecule has 0 spiro atoms. The molecule has 1 N–H and O–H groups in total. The van der Waals surface area contributed by atoms with Gasteiger partial charge in [-0.25, -0.2) is 14.0 Å². The molecule has 0 saturated heterocycles. The predicted octanol–water partition coefficient (Wildman–Crippen LogP) is 3.24. The molecular formula is C17H22FNO4. The number of carboxylic acid groups (broad SMARTS) is 1. The van der Waals surface area contributed by atoms with Crippen molar-refractivity contribution in [1.29, 1.82) is 0 Å². The molecule has 23 heavy (non-hydrogen) atoms. The minimum Gasteiger partial charge on any atom is -0.479 e. The smallest absolute Gasteiger partial charge is 0.410 e. The summed E-state index contributed by atoms with van der Waals surface area (Å²) in [6, 6.07) is 9.38. The Hall–Kier alpha value is -2.11. The van der Waals surface area contributed by atoms with Crippen LogP contribution in [0.15, 0.2) is 30.3 Å². The van der Waals surface area contributed by atoms with Crippen molar-refractivity contribution in [3.63, 3.8) is 0 Å². The summed E-state index contributed by atoms with van der Waals surface area (Å²) >= 11 is 0. The number of hydrogen-bond acceptors (Lipinski definition) is 3. The monoisotopic (exact) mass is 323 g/mol. The minimum atomic E-state index is -1.81. The number of halogens is 1. The third-order valence-corrected chi connectivity index (χ3v) is 4.43. The van der Waals surface area contributed by atoms with E-state index in [9.17, 15) is 14.0 Å². The Morgan fingerprint density at radius 3 is 2.43 bits per heavy atom. The quantitative estimate of drug-likeness (QED) is 0.903. The van der Waals surface area contributed by atoms with Gasteiger partial charge in [-0.1, -0.05) is 30.3 Å². The van der Waals surface area contributed by atoms with E-state index in [4.69, 9.17) is 9.84 Å². The third-order valence-electron chi connectivity index (χ3n) is 4.43. The van der Waals surface area contributed by atoms with E-state index < -0.39 is 24.2 Å². The van der Waals surface area contributed by atoms with Crippen LogP contribution >= 0.6 is 0 Å². The zero-order chi connectivity index (χ0) is 16.8. The van der Waals surface area contributed by atoms with E-state index in [1.165, 1.54) is 4.90 Å². The molecule has 1 saturated carbocycles. The standard InChI is InChI=1S/C17H22FNO4/c1-19(17(22)23-11-12-5-3-2-4-6-12)14-9-7-13(8-10-14)15(18)16(20)21/h2-6,13-15H,7-11H2,1H3,(H,20,21). The van der Waals surface area contributed by atoms with Crippen LogP contribution in [0.2, 0.25) is 0 Å². The van der Waals surface area contributed by atoms with Gasteiger partial charge in [0.05, 0.1) is 0 Å². The summed E-state index contributed by atoms with van der Waals surface area (Å²) in [7, 11) is 1.67. The zero-order valence-corrected chi connectivity index (χ0v) is 13.2. The predicted molar refractivity (Wildman–Crippen MR) is 82.7 cm³/mol. The van der Waals surface area contributed by atoms with Gasteiger partial charge in [0.15, 0.2) is 6.17 Å². The zero-order valence-electron chi connectivity index (χ0n) is 13.2. The van der Waals surface area contributed by atoms with Crippen LogP contribution in [0.25, 0.3) is 0 Å². The van der Waals surface area contributed by atoms with Crippen LogP contribution in [-0.2, 0) is 16.1 Å². The van der Waals surface area contributed by atoms with Crippen LogP contribution in [0.3, 0.4) is 0 Å². The van der Waals surface area contributed by atoms with E-state index >= 15 is 0 Å². The van der Waals surface area contributed by atoms with Gasteiger partial charge < -0.3 is 14.7 Å². The van der Waals surface area contributed by atoms with Gasteiger partial charge >= 0.3 is 12.1 Å². The molecule has 5 nitrogen and oxygen atoms in total. The first-order valence-corrected chi connectivity index (χ1v) is 7.79. The molecule has 0 radical (unpaired) electrons. The Morgan fingerprint density at radius 2 is 1.87 bits per heavy atom. The van der Waals surface area contributed by atoms with Crippen LogP contribution in [0, 0.1) is 5.92 Å². The molecule has 2 rings (SSSR count). The van der Waals surface area contributed by atoms with Gasteiger partial charge in [0.2, 0.25) is 0 Å². The first-order chi connectivity index (χ1) is 11.0. The lowest BCUT2D eigenvalue weighted by atomic mass is 9.83. The largest absolute Gasteiger partial charge is 0.479 e. The van der Waals surface area contributed by atoms with Crippen molar-refractivity contribution in [1.82, 2.24) is 4.90 Å². The number of carbonyl (C=O) groups is 2. The van der Waals surface area contributed by atoms with E-state index in [1.54, 1.807) is 7.05 Å². The number of aliphatic carboxylic acids is 1. The maximum absolute atomic E-state index is 13.5. The van der Waals surface area contributed by atoms with Crippen LogP contribution in [0.5, 0.6) is 0 Å². The number of alkyl halides is 1. The second kappa shape index (κ2) is 7.94. The Balaban J connectivity index is 1.78. The highest BCUT2D eigenvalue weighted by atomic mass is 19.1. The van der Waals surface area contributed by atoms with Gasteiger partial charge in [0, 0.05) is 19.0 Å². The van der Waals surface area contributed by atoms with Gasteiger partial charge in [0.25, 0.3) is 0 Å². The van der Waals surface area contributed by atoms with Crippen LogP contribution in [0.1, 0.15) is 31.2 Å². The Labute approximate surface area is 135 Å². The number of ether oxygens (including phenoxy) is 1. The van der Waals surface area contributed by atoms with Gasteiger partial charge in [-0.05, 0) is 31.2 Å². The summed E-state index contributed by atoms with van der Waals surface area (Å²) < 4.78 is 18.8. The molecule has 0 bridgehead atoms. The molecular weight excluding hydrogens is 301 g/mol. The van der Waals surface area contributed by atoms with E-state index in [1.807, 2.05) is 30.3 Å². The highest BCUT2D eigenvalue weighted by molar-refractivity contribution is 5.72. The van der Waals surface area contributed by atoms with Crippen LogP contribution in [-0.4, -0.2) is 41.3 Å². The number of amides is 1. The number of nitrogens with zero attached hydrogens (tertiary/aromatic N) is 1. The van der Waals surface area contributed by atoms with E-state index in [0.29, 0.717) is 25.7 Å². The number of hydrogen-bond donors (Lipinski definition) is 1. The van der Waals surface area contributed by atoms with Gasteiger partial charge in [0.1, 0.15) is 6.61 Å². The van der Waals surface area contributed by atoms with Crippen molar-refractivity contribution >= 4 is 12.1 Å². The first kappa shape index (κ1) is 17.2.